The quantitative estimate of drug-likeness (QED) is 0.400. The Balaban J connectivity index is 3.10. The summed E-state index contributed by atoms with van der Waals surface area (Å²) in [5.41, 5.74) is 4.19. The van der Waals surface area contributed by atoms with Gasteiger partial charge in [0.1, 0.15) is 5.57 Å². The highest BCUT2D eigenvalue weighted by Crippen LogP contribution is 2.30. The summed E-state index contributed by atoms with van der Waals surface area (Å²) >= 11 is 5.24. The van der Waals surface area contributed by atoms with Crippen LogP contribution < -0.4 is 10.5 Å². The monoisotopic (exact) mass is 307 g/mol. The molecular weight excluding hydrogens is 299 g/mol. The van der Waals surface area contributed by atoms with Gasteiger partial charge in [-0.15, -0.1) is 0 Å². The number of halogens is 4. The predicted octanol–water partition coefficient (Wildman–Crippen LogP) is 2.12. The van der Waals surface area contributed by atoms with Crippen molar-refractivity contribution in [2.24, 2.45) is 10.7 Å². The van der Waals surface area contributed by atoms with Gasteiger partial charge in [-0.3, -0.25) is 9.79 Å². The number of allylic oxidation sites excluding steroid dienone is 1. The molecule has 0 bridgehead atoms. The van der Waals surface area contributed by atoms with Gasteiger partial charge in [0.05, 0.1) is 5.56 Å². The number of rotatable bonds is 4. The Labute approximate surface area is 116 Å². The third-order valence-electron chi connectivity index (χ3n) is 2.01. The SMILES string of the molecule is CN=CC(C(=O)Cl)=C(N)Oc1cc(C(F)(F)F)ccn1. The second-order valence-corrected chi connectivity index (χ2v) is 3.76. The topological polar surface area (TPSA) is 77.6 Å². The zero-order chi connectivity index (χ0) is 15.3. The highest BCUT2D eigenvalue weighted by atomic mass is 35.5. The molecule has 0 aromatic carbocycles. The van der Waals surface area contributed by atoms with Gasteiger partial charge in [-0.1, -0.05) is 0 Å². The number of carbonyl (C=O) groups excluding carboxylic acids is 1. The molecule has 0 unspecified atom stereocenters. The molecule has 0 amide bonds. The molecule has 0 spiro atoms. The highest BCUT2D eigenvalue weighted by Gasteiger charge is 2.31. The maximum atomic E-state index is 12.5. The van der Waals surface area contributed by atoms with E-state index in [0.717, 1.165) is 18.5 Å². The van der Waals surface area contributed by atoms with Crippen LogP contribution in [0.3, 0.4) is 0 Å². The van der Waals surface area contributed by atoms with E-state index in [9.17, 15) is 18.0 Å². The zero-order valence-electron chi connectivity index (χ0n) is 10.1. The molecule has 2 N–H and O–H groups in total. The van der Waals surface area contributed by atoms with E-state index in [2.05, 4.69) is 9.98 Å². The number of ether oxygens (including phenoxy) is 1. The van der Waals surface area contributed by atoms with Gasteiger partial charge in [0, 0.05) is 25.5 Å². The molecule has 0 radical (unpaired) electrons. The number of carbonyl (C=O) groups is 1. The van der Waals surface area contributed by atoms with Crippen LogP contribution in [0.5, 0.6) is 5.88 Å². The van der Waals surface area contributed by atoms with Crippen molar-refractivity contribution in [3.8, 4) is 5.88 Å². The van der Waals surface area contributed by atoms with Gasteiger partial charge in [0.15, 0.2) is 0 Å². The lowest BCUT2D eigenvalue weighted by Gasteiger charge is -2.09. The summed E-state index contributed by atoms with van der Waals surface area (Å²) in [7, 11) is 1.36. The fourth-order valence-electron chi connectivity index (χ4n) is 1.15. The molecule has 9 heteroatoms. The average Bonchev–Trinajstić information content (AvgIpc) is 2.34. The molecule has 0 aliphatic heterocycles. The van der Waals surface area contributed by atoms with Crippen LogP contribution in [0.15, 0.2) is 34.8 Å². The summed E-state index contributed by atoms with van der Waals surface area (Å²) in [4.78, 5) is 18.1. The molecule has 0 atom stereocenters. The van der Waals surface area contributed by atoms with Crippen molar-refractivity contribution in [1.29, 1.82) is 0 Å². The Hall–Kier alpha value is -2.09. The first-order chi connectivity index (χ1) is 9.25. The number of pyridine rings is 1. The zero-order valence-corrected chi connectivity index (χ0v) is 10.9. The third kappa shape index (κ3) is 4.23. The van der Waals surface area contributed by atoms with E-state index in [1.165, 1.54) is 7.05 Å². The molecule has 1 aromatic rings. The first-order valence-electron chi connectivity index (χ1n) is 5.08. The molecule has 1 heterocycles. The van der Waals surface area contributed by atoms with Gasteiger partial charge in [0.25, 0.3) is 5.24 Å². The number of nitrogens with zero attached hydrogens (tertiary/aromatic N) is 2. The highest BCUT2D eigenvalue weighted by molar-refractivity contribution is 6.70. The van der Waals surface area contributed by atoms with Crippen molar-refractivity contribution < 1.29 is 22.7 Å². The lowest BCUT2D eigenvalue weighted by Crippen LogP contribution is -2.15. The Morgan fingerprint density at radius 2 is 2.20 bits per heavy atom. The second-order valence-electron chi connectivity index (χ2n) is 3.42. The summed E-state index contributed by atoms with van der Waals surface area (Å²) in [5, 5.41) is -0.958. The molecule has 0 saturated heterocycles. The van der Waals surface area contributed by atoms with Gasteiger partial charge in [-0.2, -0.15) is 13.2 Å². The first-order valence-corrected chi connectivity index (χ1v) is 5.46. The minimum Gasteiger partial charge on any atom is -0.422 e. The van der Waals surface area contributed by atoms with Crippen LogP contribution in [0, 0.1) is 0 Å². The Bertz CT molecular complexity index is 570. The van der Waals surface area contributed by atoms with E-state index in [0.29, 0.717) is 6.07 Å². The lowest BCUT2D eigenvalue weighted by molar-refractivity contribution is -0.137. The normalized spacial score (nSPS) is 13.2. The fourth-order valence-corrected chi connectivity index (χ4v) is 1.29. The van der Waals surface area contributed by atoms with E-state index in [-0.39, 0.29) is 5.57 Å². The van der Waals surface area contributed by atoms with Gasteiger partial charge in [0.2, 0.25) is 11.8 Å². The summed E-state index contributed by atoms with van der Waals surface area (Å²) in [5.74, 6) is -0.917. The summed E-state index contributed by atoms with van der Waals surface area (Å²) in [6.45, 7) is 0. The molecular formula is C11H9ClF3N3O2. The smallest absolute Gasteiger partial charge is 0.416 e. The van der Waals surface area contributed by atoms with Crippen molar-refractivity contribution in [3.05, 3.63) is 35.3 Å². The number of aromatic nitrogens is 1. The van der Waals surface area contributed by atoms with Crippen LogP contribution in [0.2, 0.25) is 0 Å². The van der Waals surface area contributed by atoms with Crippen LogP contribution in [0.1, 0.15) is 5.56 Å². The van der Waals surface area contributed by atoms with Gasteiger partial charge < -0.3 is 10.5 Å². The molecule has 20 heavy (non-hydrogen) atoms. The van der Waals surface area contributed by atoms with Gasteiger partial charge in [-0.25, -0.2) is 4.98 Å². The molecule has 1 aromatic heterocycles. The van der Waals surface area contributed by atoms with Crippen LogP contribution in [0.4, 0.5) is 13.2 Å². The number of hydrogen-bond acceptors (Lipinski definition) is 5. The van der Waals surface area contributed by atoms with Crippen molar-refractivity contribution in [1.82, 2.24) is 4.98 Å². The molecule has 0 aliphatic rings. The standard InChI is InChI=1S/C11H9ClF3N3O2/c1-17-5-7(9(12)19)10(16)20-8-4-6(2-3-18-8)11(13,14)15/h2-5H,16H2,1H3. The number of nitrogens with two attached hydrogens (primary N) is 1. The minimum absolute atomic E-state index is 0.284. The minimum atomic E-state index is -4.55. The summed E-state index contributed by atoms with van der Waals surface area (Å²) < 4.78 is 42.3. The van der Waals surface area contributed by atoms with Gasteiger partial charge >= 0.3 is 6.18 Å². The Morgan fingerprint density at radius 1 is 1.55 bits per heavy atom. The maximum Gasteiger partial charge on any atom is 0.416 e. The third-order valence-corrected chi connectivity index (χ3v) is 2.22. The van der Waals surface area contributed by atoms with E-state index in [1.807, 2.05) is 0 Å². The van der Waals surface area contributed by atoms with Crippen LogP contribution in [0.25, 0.3) is 0 Å². The molecule has 108 valence electrons. The Morgan fingerprint density at radius 3 is 2.70 bits per heavy atom. The van der Waals surface area contributed by atoms with Gasteiger partial charge in [-0.05, 0) is 17.7 Å². The van der Waals surface area contributed by atoms with Crippen molar-refractivity contribution >= 4 is 23.1 Å². The molecule has 0 fully saturated rings. The largest absolute Gasteiger partial charge is 0.422 e. The molecule has 0 saturated carbocycles. The number of hydrogen-bond donors (Lipinski definition) is 1. The number of aliphatic imine (C=N–C) groups is 1. The first kappa shape index (κ1) is 16.0. The number of alkyl halides is 3. The van der Waals surface area contributed by atoms with Crippen LogP contribution in [-0.4, -0.2) is 23.5 Å². The van der Waals surface area contributed by atoms with Crippen molar-refractivity contribution in [2.45, 2.75) is 6.18 Å². The molecule has 0 aliphatic carbocycles. The summed E-state index contributed by atoms with van der Waals surface area (Å²) in [6.07, 6.45) is -2.62. The average molecular weight is 308 g/mol. The molecule has 5 nitrogen and oxygen atoms in total. The predicted molar refractivity (Wildman–Crippen MR) is 66.4 cm³/mol. The van der Waals surface area contributed by atoms with Crippen molar-refractivity contribution in [2.75, 3.05) is 7.05 Å². The lowest BCUT2D eigenvalue weighted by atomic mass is 10.2. The van der Waals surface area contributed by atoms with Crippen LogP contribution in [-0.2, 0) is 11.0 Å². The van der Waals surface area contributed by atoms with E-state index < -0.39 is 28.7 Å². The molecule has 1 rings (SSSR count). The van der Waals surface area contributed by atoms with E-state index in [1.54, 1.807) is 0 Å². The Kier molecular flexibility index (Phi) is 5.09. The fraction of sp³-hybridized carbons (Fsp3) is 0.182. The van der Waals surface area contributed by atoms with Crippen LogP contribution >= 0.6 is 11.6 Å². The van der Waals surface area contributed by atoms with E-state index in [4.69, 9.17) is 22.1 Å². The van der Waals surface area contributed by atoms with Crippen molar-refractivity contribution in [3.63, 3.8) is 0 Å². The van der Waals surface area contributed by atoms with E-state index >= 15 is 0 Å². The maximum absolute atomic E-state index is 12.5. The second kappa shape index (κ2) is 6.38. The summed E-state index contributed by atoms with van der Waals surface area (Å²) in [6, 6.07) is 1.42.